The number of rotatable bonds is 5. The van der Waals surface area contributed by atoms with E-state index in [4.69, 9.17) is 14.3 Å². The van der Waals surface area contributed by atoms with E-state index in [2.05, 4.69) is 15.2 Å². The van der Waals surface area contributed by atoms with E-state index in [0.29, 0.717) is 41.5 Å². The molecule has 0 radical (unpaired) electrons. The van der Waals surface area contributed by atoms with E-state index in [1.54, 1.807) is 32.4 Å². The number of amides is 2. The average molecular weight is 575 g/mol. The normalized spacial score (nSPS) is 22.7. The number of alkyl halides is 3. The summed E-state index contributed by atoms with van der Waals surface area (Å²) in [6.07, 6.45) is -3.25. The zero-order valence-electron chi connectivity index (χ0n) is 23.3. The second-order valence-electron chi connectivity index (χ2n) is 10.8. The molecular formula is C29H33F3N4O5. The number of aromatic nitrogens is 1. The lowest BCUT2D eigenvalue weighted by atomic mass is 9.65. The van der Waals surface area contributed by atoms with Crippen molar-refractivity contribution in [2.75, 3.05) is 33.1 Å². The number of halogens is 3. The van der Waals surface area contributed by atoms with Crippen molar-refractivity contribution in [1.29, 1.82) is 0 Å². The van der Waals surface area contributed by atoms with Crippen LogP contribution in [0.4, 0.5) is 23.7 Å². The number of urea groups is 1. The van der Waals surface area contributed by atoms with Gasteiger partial charge >= 0.3 is 18.2 Å². The van der Waals surface area contributed by atoms with Crippen molar-refractivity contribution >= 4 is 28.6 Å². The zero-order valence-corrected chi connectivity index (χ0v) is 23.3. The third kappa shape index (κ3) is 5.40. The third-order valence-corrected chi connectivity index (χ3v) is 8.41. The summed E-state index contributed by atoms with van der Waals surface area (Å²) in [4.78, 5) is 35.4. The first kappa shape index (κ1) is 28.6. The fourth-order valence-electron chi connectivity index (χ4n) is 6.41. The van der Waals surface area contributed by atoms with Gasteiger partial charge < -0.3 is 29.5 Å². The summed E-state index contributed by atoms with van der Waals surface area (Å²) in [5, 5.41) is 4.02. The van der Waals surface area contributed by atoms with Gasteiger partial charge in [0, 0.05) is 33.7 Å². The number of H-pyrrole nitrogens is 1. The molecule has 1 aromatic heterocycles. The van der Waals surface area contributed by atoms with Crippen molar-refractivity contribution in [3.63, 3.8) is 0 Å². The highest BCUT2D eigenvalue weighted by Crippen LogP contribution is 2.50. The standard InChI is InChI=1S/C29H33F3N4O5/c1-17-13-18-14-20(6-7-22(18)33-17)34-27(38)36(41-26(37)29(30,31)32)21-9-10-28(11-12-35(2)25(28)16-21)19-5-8-23(39-3)24(15-19)40-4/h5-8,13-15,21,25,33H,9-12,16H2,1-4H3,(H,34,38). The lowest BCUT2D eigenvalue weighted by molar-refractivity contribution is -0.235. The molecule has 1 aliphatic carbocycles. The van der Waals surface area contributed by atoms with Crippen molar-refractivity contribution in [3.05, 3.63) is 53.7 Å². The highest BCUT2D eigenvalue weighted by Gasteiger charge is 2.53. The van der Waals surface area contributed by atoms with Crippen LogP contribution in [0, 0.1) is 6.92 Å². The molecule has 2 N–H and O–H groups in total. The molecule has 12 heteroatoms. The van der Waals surface area contributed by atoms with Crippen LogP contribution in [0.2, 0.25) is 0 Å². The van der Waals surface area contributed by atoms with Crippen molar-refractivity contribution in [2.24, 2.45) is 0 Å². The Hall–Kier alpha value is -3.93. The second-order valence-corrected chi connectivity index (χ2v) is 10.8. The highest BCUT2D eigenvalue weighted by atomic mass is 19.4. The number of benzene rings is 2. The molecule has 0 bridgehead atoms. The van der Waals surface area contributed by atoms with Crippen LogP contribution in [0.25, 0.3) is 10.9 Å². The molecule has 9 nitrogen and oxygen atoms in total. The second kappa shape index (κ2) is 10.8. The number of anilines is 1. The van der Waals surface area contributed by atoms with E-state index >= 15 is 0 Å². The minimum Gasteiger partial charge on any atom is -0.493 e. The Morgan fingerprint density at radius 2 is 1.83 bits per heavy atom. The molecule has 3 aromatic rings. The Labute approximate surface area is 235 Å². The van der Waals surface area contributed by atoms with Gasteiger partial charge in [-0.2, -0.15) is 13.2 Å². The summed E-state index contributed by atoms with van der Waals surface area (Å²) >= 11 is 0. The molecule has 3 unspecified atom stereocenters. The van der Waals surface area contributed by atoms with Crippen LogP contribution in [0.3, 0.4) is 0 Å². The Morgan fingerprint density at radius 1 is 1.07 bits per heavy atom. The summed E-state index contributed by atoms with van der Waals surface area (Å²) in [5.74, 6) is -1.26. The van der Waals surface area contributed by atoms with Crippen molar-refractivity contribution in [3.8, 4) is 11.5 Å². The number of likely N-dealkylation sites (tertiary alicyclic amines) is 1. The number of nitrogens with one attached hydrogen (secondary N) is 2. The maximum atomic E-state index is 13.4. The molecule has 1 saturated carbocycles. The van der Waals surface area contributed by atoms with E-state index in [-0.39, 0.29) is 11.5 Å². The first-order valence-electron chi connectivity index (χ1n) is 13.4. The average Bonchev–Trinajstić information content (AvgIpc) is 3.49. The molecule has 3 atom stereocenters. The number of carbonyl (C=O) groups is 2. The molecule has 1 aliphatic heterocycles. The van der Waals surface area contributed by atoms with Crippen LogP contribution >= 0.6 is 0 Å². The predicted molar refractivity (Wildman–Crippen MR) is 146 cm³/mol. The Balaban J connectivity index is 1.43. The molecule has 2 aromatic carbocycles. The topological polar surface area (TPSA) is 96.1 Å². The Bertz CT molecular complexity index is 1460. The number of hydrogen-bond acceptors (Lipinski definition) is 6. The number of aromatic amines is 1. The van der Waals surface area contributed by atoms with E-state index in [9.17, 15) is 22.8 Å². The smallest absolute Gasteiger partial charge is 0.493 e. The molecule has 41 heavy (non-hydrogen) atoms. The van der Waals surface area contributed by atoms with Gasteiger partial charge in [-0.25, -0.2) is 9.59 Å². The van der Waals surface area contributed by atoms with Crippen LogP contribution in [0.15, 0.2) is 42.5 Å². The first-order valence-corrected chi connectivity index (χ1v) is 13.4. The summed E-state index contributed by atoms with van der Waals surface area (Å²) in [6.45, 7) is 2.65. The van der Waals surface area contributed by atoms with Gasteiger partial charge in [0.05, 0.1) is 20.3 Å². The fraction of sp³-hybridized carbons (Fsp3) is 0.448. The quantitative estimate of drug-likeness (QED) is 0.389. The molecule has 220 valence electrons. The largest absolute Gasteiger partial charge is 0.493 e. The number of likely N-dealkylation sites (N-methyl/N-ethyl adjacent to an activating group) is 1. The van der Waals surface area contributed by atoms with Crippen LogP contribution in [-0.2, 0) is 15.0 Å². The fourth-order valence-corrected chi connectivity index (χ4v) is 6.41. The summed E-state index contributed by atoms with van der Waals surface area (Å²) < 4.78 is 50.7. The molecule has 2 fully saturated rings. The van der Waals surface area contributed by atoms with Crippen LogP contribution in [0.1, 0.15) is 36.9 Å². The monoisotopic (exact) mass is 574 g/mol. The van der Waals surface area contributed by atoms with Crippen LogP contribution in [0.5, 0.6) is 11.5 Å². The molecule has 2 amide bonds. The van der Waals surface area contributed by atoms with Crippen molar-refractivity contribution in [1.82, 2.24) is 14.9 Å². The lowest BCUT2D eigenvalue weighted by Crippen LogP contribution is -2.54. The first-order chi connectivity index (χ1) is 19.4. The number of hydroxylamine groups is 2. The number of fused-ring (bicyclic) bond motifs is 2. The summed E-state index contributed by atoms with van der Waals surface area (Å²) in [7, 11) is 5.08. The molecule has 2 heterocycles. The molecule has 2 aliphatic rings. The SMILES string of the molecule is COc1ccc(C23CCC(N(OC(=O)C(F)(F)F)C(=O)Nc4ccc5[nH]c(C)cc5c4)CC2N(C)CC3)cc1OC. The highest BCUT2D eigenvalue weighted by molar-refractivity contribution is 5.93. The Kier molecular flexibility index (Phi) is 7.54. The maximum Gasteiger partial charge on any atom is 0.493 e. The van der Waals surface area contributed by atoms with Crippen LogP contribution < -0.4 is 14.8 Å². The number of ether oxygens (including phenoxy) is 2. The predicted octanol–water partition coefficient (Wildman–Crippen LogP) is 5.54. The molecule has 5 rings (SSSR count). The van der Waals surface area contributed by atoms with Gasteiger partial charge in [-0.3, -0.25) is 0 Å². The number of nitrogens with zero attached hydrogens (tertiary/aromatic N) is 2. The van der Waals surface area contributed by atoms with Gasteiger partial charge in [-0.15, -0.1) is 5.06 Å². The number of carbonyl (C=O) groups excluding carboxylic acids is 2. The minimum absolute atomic E-state index is 0.126. The van der Waals surface area contributed by atoms with E-state index in [1.807, 2.05) is 38.2 Å². The Morgan fingerprint density at radius 3 is 2.54 bits per heavy atom. The number of methoxy groups -OCH3 is 2. The van der Waals surface area contributed by atoms with Crippen molar-refractivity contribution in [2.45, 2.75) is 56.3 Å². The van der Waals surface area contributed by atoms with E-state index < -0.39 is 24.2 Å². The van der Waals surface area contributed by atoms with Gasteiger partial charge in [0.25, 0.3) is 0 Å². The van der Waals surface area contributed by atoms with Gasteiger partial charge in [0.15, 0.2) is 11.5 Å². The number of hydrogen-bond donors (Lipinski definition) is 2. The van der Waals surface area contributed by atoms with Gasteiger partial charge in [0.2, 0.25) is 0 Å². The maximum absolute atomic E-state index is 13.4. The molecular weight excluding hydrogens is 541 g/mol. The number of aryl methyl sites for hydroxylation is 1. The zero-order chi connectivity index (χ0) is 29.5. The van der Waals surface area contributed by atoms with Gasteiger partial charge in [0.1, 0.15) is 0 Å². The van der Waals surface area contributed by atoms with Crippen molar-refractivity contribution < 1.29 is 37.1 Å². The minimum atomic E-state index is -5.26. The van der Waals surface area contributed by atoms with Gasteiger partial charge in [-0.05, 0) is 88.2 Å². The molecule has 0 spiro atoms. The van der Waals surface area contributed by atoms with E-state index in [1.165, 1.54) is 0 Å². The lowest BCUT2D eigenvalue weighted by Gasteiger charge is -2.46. The molecule has 1 saturated heterocycles. The van der Waals surface area contributed by atoms with E-state index in [0.717, 1.165) is 35.1 Å². The third-order valence-electron chi connectivity index (χ3n) is 8.41. The summed E-state index contributed by atoms with van der Waals surface area (Å²) in [6, 6.07) is 10.9. The van der Waals surface area contributed by atoms with Crippen LogP contribution in [-0.4, -0.2) is 73.0 Å². The van der Waals surface area contributed by atoms with Gasteiger partial charge in [-0.1, -0.05) is 6.07 Å². The summed E-state index contributed by atoms with van der Waals surface area (Å²) in [5.41, 5.74) is 2.84.